The van der Waals surface area contributed by atoms with Crippen LogP contribution in [0.3, 0.4) is 0 Å². The fraction of sp³-hybridized carbons (Fsp3) is 0.600. The zero-order chi connectivity index (χ0) is 19.8. The first-order valence-corrected chi connectivity index (χ1v) is 9.75. The van der Waals surface area contributed by atoms with Gasteiger partial charge >= 0.3 is 0 Å². The van der Waals surface area contributed by atoms with Crippen LogP contribution in [0.2, 0.25) is 5.02 Å². The van der Waals surface area contributed by atoms with Gasteiger partial charge in [-0.25, -0.2) is 0 Å². The fourth-order valence-corrected chi connectivity index (χ4v) is 3.51. The number of carbonyl (C=O) groups excluding carboxylic acids is 2. The second-order valence-corrected chi connectivity index (χ2v) is 7.38. The van der Waals surface area contributed by atoms with Crippen LogP contribution in [0.5, 0.6) is 5.75 Å². The van der Waals surface area contributed by atoms with E-state index < -0.39 is 0 Å². The average molecular weight is 397 g/mol. The molecule has 0 unspecified atom stereocenters. The van der Waals surface area contributed by atoms with Crippen LogP contribution in [0.15, 0.2) is 12.1 Å². The van der Waals surface area contributed by atoms with Gasteiger partial charge in [-0.3, -0.25) is 9.59 Å². The largest absolute Gasteiger partial charge is 0.495 e. The molecule has 6 nitrogen and oxygen atoms in total. The van der Waals surface area contributed by atoms with Crippen molar-refractivity contribution in [1.82, 2.24) is 5.32 Å². The predicted octanol–water partition coefficient (Wildman–Crippen LogP) is 3.55. The van der Waals surface area contributed by atoms with E-state index in [1.54, 1.807) is 20.3 Å². The van der Waals surface area contributed by atoms with E-state index in [1.165, 1.54) is 0 Å². The van der Waals surface area contributed by atoms with Gasteiger partial charge in [0.1, 0.15) is 5.75 Å². The second kappa shape index (κ2) is 10.5. The first-order chi connectivity index (χ1) is 13.0. The molecule has 0 radical (unpaired) electrons. The number of carbonyl (C=O) groups is 2. The lowest BCUT2D eigenvalue weighted by Crippen LogP contribution is -2.36. The Morgan fingerprint density at radius 1 is 1.11 bits per heavy atom. The number of anilines is 1. The van der Waals surface area contributed by atoms with Crippen LogP contribution in [0.4, 0.5) is 5.69 Å². The van der Waals surface area contributed by atoms with Crippen molar-refractivity contribution in [2.45, 2.75) is 39.0 Å². The molecule has 1 saturated carbocycles. The number of hydrogen-bond donors (Lipinski definition) is 2. The van der Waals surface area contributed by atoms with Gasteiger partial charge < -0.3 is 20.1 Å². The third-order valence-electron chi connectivity index (χ3n) is 5.03. The predicted molar refractivity (Wildman–Crippen MR) is 106 cm³/mol. The molecule has 1 aliphatic carbocycles. The van der Waals surface area contributed by atoms with Crippen molar-refractivity contribution in [2.24, 2.45) is 11.8 Å². The summed E-state index contributed by atoms with van der Waals surface area (Å²) in [6, 6.07) is 3.52. The van der Waals surface area contributed by atoms with Crippen LogP contribution >= 0.6 is 11.6 Å². The molecule has 2 amide bonds. The molecular weight excluding hydrogens is 368 g/mol. The maximum Gasteiger partial charge on any atom is 0.227 e. The van der Waals surface area contributed by atoms with Gasteiger partial charge in [0.15, 0.2) is 0 Å². The number of rotatable bonds is 8. The van der Waals surface area contributed by atoms with Crippen molar-refractivity contribution < 1.29 is 19.1 Å². The normalized spacial score (nSPS) is 19.4. The lowest BCUT2D eigenvalue weighted by atomic mass is 9.81. The molecular formula is C20H29ClN2O4. The van der Waals surface area contributed by atoms with E-state index in [0.29, 0.717) is 42.5 Å². The van der Waals surface area contributed by atoms with Crippen LogP contribution in [-0.4, -0.2) is 39.2 Å². The van der Waals surface area contributed by atoms with Gasteiger partial charge in [-0.05, 0) is 50.7 Å². The highest BCUT2D eigenvalue weighted by Gasteiger charge is 2.30. The lowest BCUT2D eigenvalue weighted by molar-refractivity contribution is -0.128. The number of methoxy groups -OCH3 is 2. The smallest absolute Gasteiger partial charge is 0.227 e. The SMILES string of the molecule is COCCCNC(=O)C1CCC(C(=O)Nc2cc(C)c(Cl)cc2OC)CC1. The quantitative estimate of drug-likeness (QED) is 0.659. The summed E-state index contributed by atoms with van der Waals surface area (Å²) in [5.41, 5.74) is 1.50. The molecule has 27 heavy (non-hydrogen) atoms. The van der Waals surface area contributed by atoms with Gasteiger partial charge in [0.25, 0.3) is 0 Å². The van der Waals surface area contributed by atoms with Gasteiger partial charge in [-0.2, -0.15) is 0 Å². The first kappa shape index (κ1) is 21.5. The highest BCUT2D eigenvalue weighted by molar-refractivity contribution is 6.31. The molecule has 0 atom stereocenters. The minimum absolute atomic E-state index is 0.0103. The Bertz CT molecular complexity index is 658. The van der Waals surface area contributed by atoms with E-state index in [1.807, 2.05) is 13.0 Å². The van der Waals surface area contributed by atoms with Gasteiger partial charge in [-0.1, -0.05) is 11.6 Å². The number of aryl methyl sites for hydroxylation is 1. The average Bonchev–Trinajstić information content (AvgIpc) is 2.67. The van der Waals surface area contributed by atoms with Gasteiger partial charge in [0.2, 0.25) is 11.8 Å². The Balaban J connectivity index is 1.85. The lowest BCUT2D eigenvalue weighted by Gasteiger charge is -2.27. The van der Waals surface area contributed by atoms with Crippen molar-refractivity contribution in [3.05, 3.63) is 22.7 Å². The van der Waals surface area contributed by atoms with E-state index in [0.717, 1.165) is 24.8 Å². The van der Waals surface area contributed by atoms with Crippen molar-refractivity contribution >= 4 is 29.1 Å². The zero-order valence-corrected chi connectivity index (χ0v) is 17.0. The Labute approximate surface area is 165 Å². The van der Waals surface area contributed by atoms with E-state index in [2.05, 4.69) is 10.6 Å². The summed E-state index contributed by atoms with van der Waals surface area (Å²) in [6.45, 7) is 3.15. The number of nitrogens with one attached hydrogen (secondary N) is 2. The van der Waals surface area contributed by atoms with Crippen LogP contribution in [0.1, 0.15) is 37.7 Å². The van der Waals surface area contributed by atoms with Crippen LogP contribution < -0.4 is 15.4 Å². The number of benzene rings is 1. The Morgan fingerprint density at radius 3 is 2.33 bits per heavy atom. The monoisotopic (exact) mass is 396 g/mol. The van der Waals surface area contributed by atoms with Crippen LogP contribution in [-0.2, 0) is 14.3 Å². The molecule has 1 aromatic carbocycles. The van der Waals surface area contributed by atoms with Gasteiger partial charge in [-0.15, -0.1) is 0 Å². The van der Waals surface area contributed by atoms with E-state index >= 15 is 0 Å². The molecule has 0 spiro atoms. The van der Waals surface area contributed by atoms with Crippen molar-refractivity contribution in [1.29, 1.82) is 0 Å². The first-order valence-electron chi connectivity index (χ1n) is 9.38. The number of halogens is 1. The van der Waals surface area contributed by atoms with E-state index in [-0.39, 0.29) is 23.7 Å². The molecule has 0 heterocycles. The molecule has 2 rings (SSSR count). The number of ether oxygens (including phenoxy) is 2. The number of hydrogen-bond acceptors (Lipinski definition) is 4. The molecule has 1 aliphatic rings. The Kier molecular flexibility index (Phi) is 8.38. The molecule has 150 valence electrons. The second-order valence-electron chi connectivity index (χ2n) is 6.98. The molecule has 0 aliphatic heterocycles. The highest BCUT2D eigenvalue weighted by atomic mass is 35.5. The highest BCUT2D eigenvalue weighted by Crippen LogP contribution is 2.33. The minimum atomic E-state index is -0.0942. The maximum atomic E-state index is 12.6. The Morgan fingerprint density at radius 2 is 1.74 bits per heavy atom. The standard InChI is InChI=1S/C20H29ClN2O4/c1-13-11-17(18(27-3)12-16(13)21)23-20(25)15-7-5-14(6-8-15)19(24)22-9-4-10-26-2/h11-12,14-15H,4-10H2,1-3H3,(H,22,24)(H,23,25). The fourth-order valence-electron chi connectivity index (χ4n) is 3.35. The maximum absolute atomic E-state index is 12.6. The van der Waals surface area contributed by atoms with Crippen LogP contribution in [0.25, 0.3) is 0 Å². The molecule has 1 fully saturated rings. The van der Waals surface area contributed by atoms with Crippen molar-refractivity contribution in [3.8, 4) is 5.75 Å². The summed E-state index contributed by atoms with van der Waals surface area (Å²) < 4.78 is 10.3. The summed E-state index contributed by atoms with van der Waals surface area (Å²) in [4.78, 5) is 24.8. The van der Waals surface area contributed by atoms with Gasteiger partial charge in [0.05, 0.1) is 12.8 Å². The summed E-state index contributed by atoms with van der Waals surface area (Å²) >= 11 is 6.11. The summed E-state index contributed by atoms with van der Waals surface area (Å²) in [5, 5.41) is 6.50. The van der Waals surface area contributed by atoms with E-state index in [4.69, 9.17) is 21.1 Å². The summed E-state index contributed by atoms with van der Waals surface area (Å²) in [6.07, 6.45) is 3.67. The topological polar surface area (TPSA) is 76.7 Å². The number of amides is 2. The summed E-state index contributed by atoms with van der Waals surface area (Å²) in [5.74, 6) is 0.490. The third kappa shape index (κ3) is 6.11. The molecule has 1 aromatic rings. The minimum Gasteiger partial charge on any atom is -0.495 e. The molecule has 0 saturated heterocycles. The molecule has 0 aromatic heterocycles. The summed E-state index contributed by atoms with van der Waals surface area (Å²) in [7, 11) is 3.20. The van der Waals surface area contributed by atoms with Crippen molar-refractivity contribution in [2.75, 3.05) is 32.7 Å². The zero-order valence-electron chi connectivity index (χ0n) is 16.3. The molecule has 7 heteroatoms. The molecule has 2 N–H and O–H groups in total. The van der Waals surface area contributed by atoms with E-state index in [9.17, 15) is 9.59 Å². The van der Waals surface area contributed by atoms with Crippen molar-refractivity contribution in [3.63, 3.8) is 0 Å². The molecule has 0 bridgehead atoms. The van der Waals surface area contributed by atoms with Gasteiger partial charge in [0, 0.05) is 43.2 Å². The third-order valence-corrected chi connectivity index (χ3v) is 5.44. The van der Waals surface area contributed by atoms with Crippen LogP contribution in [0, 0.1) is 18.8 Å². The Hall–Kier alpha value is -1.79.